The minimum Gasteiger partial charge on any atom is -0.357 e. The largest absolute Gasteiger partial charge is 0.357 e. The van der Waals surface area contributed by atoms with Gasteiger partial charge in [0.15, 0.2) is 17.9 Å². The maximum atomic E-state index is 14.2. The number of benzene rings is 1. The van der Waals surface area contributed by atoms with Gasteiger partial charge in [0, 0.05) is 49.9 Å². The van der Waals surface area contributed by atoms with Gasteiger partial charge in [0.2, 0.25) is 0 Å². The van der Waals surface area contributed by atoms with Crippen LogP contribution in [0.15, 0.2) is 42.9 Å². The van der Waals surface area contributed by atoms with E-state index in [2.05, 4.69) is 30.9 Å². The molecule has 1 aromatic carbocycles. The number of rotatable bonds is 4. The fraction of sp³-hybridized carbons (Fsp3) is 0.333. The number of hydrogen-bond donors (Lipinski definition) is 0. The highest BCUT2D eigenvalue weighted by molar-refractivity contribution is 5.54. The molecule has 3 heterocycles. The van der Waals surface area contributed by atoms with Crippen molar-refractivity contribution in [1.82, 2.24) is 19.9 Å². The molecule has 2 aromatic heterocycles. The lowest BCUT2D eigenvalue weighted by Gasteiger charge is -2.37. The Morgan fingerprint density at radius 1 is 1.07 bits per heavy atom. The Bertz CT molecular complexity index is 1010. The third-order valence-electron chi connectivity index (χ3n) is 5.31. The Hall–Kier alpha value is -2.93. The molecule has 0 bridgehead atoms. The second-order valence-corrected chi connectivity index (χ2v) is 7.22. The van der Waals surface area contributed by atoms with Crippen LogP contribution in [0.1, 0.15) is 41.8 Å². The zero-order chi connectivity index (χ0) is 19.1. The van der Waals surface area contributed by atoms with Gasteiger partial charge in [-0.2, -0.15) is 0 Å². The van der Waals surface area contributed by atoms with E-state index in [1.165, 1.54) is 0 Å². The molecule has 142 valence electrons. The molecule has 28 heavy (non-hydrogen) atoms. The fourth-order valence-electron chi connectivity index (χ4n) is 3.80. The van der Waals surface area contributed by atoms with Crippen molar-refractivity contribution in [1.29, 1.82) is 0 Å². The summed E-state index contributed by atoms with van der Waals surface area (Å²) in [6.07, 6.45) is 7.75. The molecule has 7 heteroatoms. The van der Waals surface area contributed by atoms with E-state index < -0.39 is 0 Å². The first-order valence-electron chi connectivity index (χ1n) is 9.46. The summed E-state index contributed by atoms with van der Waals surface area (Å²) in [5.74, 6) is 1.29. The monoisotopic (exact) mass is 377 g/mol. The van der Waals surface area contributed by atoms with Crippen LogP contribution in [0, 0.1) is 5.82 Å². The van der Waals surface area contributed by atoms with Gasteiger partial charge in [-0.25, -0.2) is 24.3 Å². The van der Waals surface area contributed by atoms with E-state index in [0.29, 0.717) is 30.5 Å². The molecular formula is C21H20FN5O. The molecule has 1 unspecified atom stereocenters. The smallest absolute Gasteiger partial charge is 0.197 e. The second kappa shape index (κ2) is 6.91. The van der Waals surface area contributed by atoms with Crippen LogP contribution in [0.25, 0.3) is 11.6 Å². The van der Waals surface area contributed by atoms with E-state index in [0.717, 1.165) is 35.3 Å². The van der Waals surface area contributed by atoms with Crippen molar-refractivity contribution in [2.45, 2.75) is 31.4 Å². The van der Waals surface area contributed by atoms with Gasteiger partial charge in [0.25, 0.3) is 0 Å². The Morgan fingerprint density at radius 3 is 2.64 bits per heavy atom. The minimum atomic E-state index is -0.358. The van der Waals surface area contributed by atoms with Gasteiger partial charge >= 0.3 is 0 Å². The Labute approximate surface area is 162 Å². The summed E-state index contributed by atoms with van der Waals surface area (Å²) in [5.41, 5.74) is 3.73. The highest BCUT2D eigenvalue weighted by Crippen LogP contribution is 2.42. The first kappa shape index (κ1) is 17.2. The van der Waals surface area contributed by atoms with E-state index >= 15 is 0 Å². The maximum Gasteiger partial charge on any atom is 0.197 e. The van der Waals surface area contributed by atoms with Crippen molar-refractivity contribution >= 4 is 5.69 Å². The van der Waals surface area contributed by atoms with Gasteiger partial charge in [-0.15, -0.1) is 0 Å². The molecule has 1 aliphatic carbocycles. The van der Waals surface area contributed by atoms with Gasteiger partial charge in [-0.3, -0.25) is 0 Å². The lowest BCUT2D eigenvalue weighted by atomic mass is 10.0. The van der Waals surface area contributed by atoms with Gasteiger partial charge in [0.05, 0.1) is 5.69 Å². The predicted octanol–water partition coefficient (Wildman–Crippen LogP) is 3.66. The summed E-state index contributed by atoms with van der Waals surface area (Å²) in [5, 5.41) is 0. The number of anilines is 1. The van der Waals surface area contributed by atoms with Crippen molar-refractivity contribution in [2.24, 2.45) is 0 Å². The molecule has 1 aliphatic heterocycles. The Morgan fingerprint density at radius 2 is 1.89 bits per heavy atom. The minimum absolute atomic E-state index is 0.201. The van der Waals surface area contributed by atoms with E-state index in [1.54, 1.807) is 43.9 Å². The molecule has 3 aromatic rings. The molecule has 1 fully saturated rings. The van der Waals surface area contributed by atoms with Crippen molar-refractivity contribution in [3.8, 4) is 11.6 Å². The van der Waals surface area contributed by atoms with Crippen molar-refractivity contribution in [3.05, 3.63) is 65.5 Å². The van der Waals surface area contributed by atoms with Gasteiger partial charge < -0.3 is 9.64 Å². The molecular weight excluding hydrogens is 357 g/mol. The van der Waals surface area contributed by atoms with Crippen LogP contribution in [-0.2, 0) is 11.2 Å². The first-order valence-corrected chi connectivity index (χ1v) is 9.46. The highest BCUT2D eigenvalue weighted by Gasteiger charge is 2.31. The van der Waals surface area contributed by atoms with Crippen molar-refractivity contribution < 1.29 is 9.13 Å². The summed E-state index contributed by atoms with van der Waals surface area (Å²) in [7, 11) is 1.65. The Kier molecular flexibility index (Phi) is 4.24. The average molecular weight is 377 g/mol. The third-order valence-corrected chi connectivity index (χ3v) is 5.31. The van der Waals surface area contributed by atoms with E-state index in [4.69, 9.17) is 4.74 Å². The highest BCUT2D eigenvalue weighted by atomic mass is 19.1. The van der Waals surface area contributed by atoms with E-state index in [9.17, 15) is 4.39 Å². The van der Waals surface area contributed by atoms with Gasteiger partial charge in [-0.05, 0) is 48.6 Å². The molecule has 1 atom stereocenters. The standard InChI is InChI=1S/C21H20FN5O/c1-28-21-17-12-25-20(19-23-6-2-7-24-19)26-18(17)5-8-27(21)16-10-14(13-3-4-13)9-15(22)11-16/h2,6-7,9-13,21H,3-5,8H2,1H3. The van der Waals surface area contributed by atoms with Crippen LogP contribution in [-0.4, -0.2) is 33.6 Å². The summed E-state index contributed by atoms with van der Waals surface area (Å²) >= 11 is 0. The molecule has 1 saturated carbocycles. The number of methoxy groups -OCH3 is 1. The molecule has 6 nitrogen and oxygen atoms in total. The second-order valence-electron chi connectivity index (χ2n) is 7.22. The lowest BCUT2D eigenvalue weighted by Crippen LogP contribution is -2.37. The quantitative estimate of drug-likeness (QED) is 0.691. The number of fused-ring (bicyclic) bond motifs is 1. The van der Waals surface area contributed by atoms with Crippen molar-refractivity contribution in [3.63, 3.8) is 0 Å². The summed E-state index contributed by atoms with van der Waals surface area (Å²) in [6.45, 7) is 0.686. The van der Waals surface area contributed by atoms with Crippen molar-refractivity contribution in [2.75, 3.05) is 18.6 Å². The lowest BCUT2D eigenvalue weighted by molar-refractivity contribution is 0.0933. The number of hydrogen-bond acceptors (Lipinski definition) is 6. The number of halogens is 1. The first-order chi connectivity index (χ1) is 13.7. The number of ether oxygens (including phenoxy) is 1. The zero-order valence-electron chi connectivity index (χ0n) is 15.5. The predicted molar refractivity (Wildman–Crippen MR) is 102 cm³/mol. The molecule has 5 rings (SSSR count). The molecule has 0 amide bonds. The van der Waals surface area contributed by atoms with Crippen LogP contribution in [0.4, 0.5) is 10.1 Å². The topological polar surface area (TPSA) is 64.0 Å². The molecule has 0 radical (unpaired) electrons. The molecule has 0 saturated heterocycles. The van der Waals surface area contributed by atoms with Crippen LogP contribution < -0.4 is 4.90 Å². The van der Waals surface area contributed by atoms with E-state index in [1.807, 2.05) is 0 Å². The maximum absolute atomic E-state index is 14.2. The molecule has 0 spiro atoms. The zero-order valence-corrected chi connectivity index (χ0v) is 15.5. The van der Waals surface area contributed by atoms with Crippen LogP contribution in [0.3, 0.4) is 0 Å². The number of nitrogens with zero attached hydrogens (tertiary/aromatic N) is 5. The van der Waals surface area contributed by atoms with Crippen LogP contribution >= 0.6 is 0 Å². The van der Waals surface area contributed by atoms with E-state index in [-0.39, 0.29) is 12.0 Å². The number of aromatic nitrogens is 4. The fourth-order valence-corrected chi connectivity index (χ4v) is 3.80. The normalized spacial score (nSPS) is 18.8. The van der Waals surface area contributed by atoms with Gasteiger partial charge in [-0.1, -0.05) is 0 Å². The Balaban J connectivity index is 1.50. The summed E-state index contributed by atoms with van der Waals surface area (Å²) < 4.78 is 20.0. The van der Waals surface area contributed by atoms with Crippen LogP contribution in [0.2, 0.25) is 0 Å². The van der Waals surface area contributed by atoms with Gasteiger partial charge in [0.1, 0.15) is 5.82 Å². The molecule has 2 aliphatic rings. The third kappa shape index (κ3) is 3.11. The summed E-state index contributed by atoms with van der Waals surface area (Å²) in [4.78, 5) is 19.6. The molecule has 0 N–H and O–H groups in total. The SMILES string of the molecule is COC1c2cnc(-c3ncccn3)nc2CCN1c1cc(F)cc(C2CC2)c1. The average Bonchev–Trinajstić information content (AvgIpc) is 3.58. The van der Waals surface area contributed by atoms with Crippen LogP contribution in [0.5, 0.6) is 0 Å². The summed E-state index contributed by atoms with van der Waals surface area (Å²) in [6, 6.07) is 7.08.